The first-order valence-corrected chi connectivity index (χ1v) is 11.0. The third kappa shape index (κ3) is 4.36. The molecule has 3 heterocycles. The molecule has 0 unspecified atom stereocenters. The molecular weight excluding hydrogens is 461 g/mol. The van der Waals surface area contributed by atoms with Crippen molar-refractivity contribution in [2.24, 2.45) is 0 Å². The topological polar surface area (TPSA) is 84.5 Å². The van der Waals surface area contributed by atoms with E-state index in [1.807, 2.05) is 23.1 Å². The maximum absolute atomic E-state index is 13.2. The molecule has 0 saturated heterocycles. The van der Waals surface area contributed by atoms with Crippen LogP contribution in [0, 0.1) is 6.92 Å². The second kappa shape index (κ2) is 8.57. The van der Waals surface area contributed by atoms with Gasteiger partial charge in [-0.15, -0.1) is 5.10 Å². The number of nitrogens with zero attached hydrogens (tertiary/aromatic N) is 5. The van der Waals surface area contributed by atoms with Crippen LogP contribution in [0.1, 0.15) is 22.4 Å². The summed E-state index contributed by atoms with van der Waals surface area (Å²) >= 11 is 0. The van der Waals surface area contributed by atoms with Crippen molar-refractivity contribution in [3.8, 4) is 0 Å². The molecule has 0 atom stereocenters. The van der Waals surface area contributed by atoms with Gasteiger partial charge in [-0.25, -0.2) is 18.9 Å². The van der Waals surface area contributed by atoms with Gasteiger partial charge in [-0.1, -0.05) is 36.4 Å². The Morgan fingerprint density at radius 3 is 2.57 bits per heavy atom. The van der Waals surface area contributed by atoms with Crippen molar-refractivity contribution in [3.05, 3.63) is 87.5 Å². The van der Waals surface area contributed by atoms with Gasteiger partial charge in [-0.3, -0.25) is 4.79 Å². The Balaban J connectivity index is 1.45. The molecule has 0 aliphatic carbocycles. The zero-order chi connectivity index (χ0) is 24.7. The standard InChI is InChI=1S/C24H21F3N6O2/c1-15-12-20-30-32(14-21(34)29-19-9-5-4-8-18(19)24(25,26)27)23(35)33(20)22(28-15)31-11-10-16-6-2-3-7-17(16)13-31/h2-9,12H,10-11,13-14H2,1H3,(H,29,34). The second-order valence-electron chi connectivity index (χ2n) is 8.36. The van der Waals surface area contributed by atoms with Crippen molar-refractivity contribution in [1.82, 2.24) is 19.2 Å². The lowest BCUT2D eigenvalue weighted by Crippen LogP contribution is -2.35. The van der Waals surface area contributed by atoms with Gasteiger partial charge in [0.15, 0.2) is 5.65 Å². The molecule has 11 heteroatoms. The van der Waals surface area contributed by atoms with Crippen LogP contribution in [0.15, 0.2) is 59.4 Å². The van der Waals surface area contributed by atoms with Gasteiger partial charge < -0.3 is 10.2 Å². The highest BCUT2D eigenvalue weighted by atomic mass is 19.4. The van der Waals surface area contributed by atoms with Gasteiger partial charge >= 0.3 is 11.9 Å². The average molecular weight is 482 g/mol. The molecule has 0 radical (unpaired) electrons. The van der Waals surface area contributed by atoms with Crippen LogP contribution in [0.3, 0.4) is 0 Å². The lowest BCUT2D eigenvalue weighted by atomic mass is 10.0. The van der Waals surface area contributed by atoms with Gasteiger partial charge in [0.25, 0.3) is 0 Å². The fourth-order valence-electron chi connectivity index (χ4n) is 4.28. The van der Waals surface area contributed by atoms with E-state index in [0.717, 1.165) is 28.8 Å². The van der Waals surface area contributed by atoms with Crippen LogP contribution in [-0.2, 0) is 30.5 Å². The first-order valence-electron chi connectivity index (χ1n) is 11.0. The summed E-state index contributed by atoms with van der Waals surface area (Å²) in [5, 5.41) is 6.49. The summed E-state index contributed by atoms with van der Waals surface area (Å²) in [5.41, 5.74) is 1.38. The van der Waals surface area contributed by atoms with E-state index in [4.69, 9.17) is 0 Å². The predicted molar refractivity (Wildman–Crippen MR) is 123 cm³/mol. The molecular formula is C24H21F3N6O2. The van der Waals surface area contributed by atoms with Crippen LogP contribution in [0.25, 0.3) is 5.65 Å². The summed E-state index contributed by atoms with van der Waals surface area (Å²) in [6.45, 7) is 2.45. The molecule has 0 saturated carbocycles. The fourth-order valence-corrected chi connectivity index (χ4v) is 4.28. The van der Waals surface area contributed by atoms with Gasteiger partial charge in [0.05, 0.1) is 11.3 Å². The number of hydrogen-bond donors (Lipinski definition) is 1. The number of amides is 1. The highest BCUT2D eigenvalue weighted by Gasteiger charge is 2.33. The first-order chi connectivity index (χ1) is 16.7. The van der Waals surface area contributed by atoms with Crippen LogP contribution in [-0.4, -0.2) is 31.6 Å². The van der Waals surface area contributed by atoms with E-state index in [0.29, 0.717) is 30.4 Å². The van der Waals surface area contributed by atoms with E-state index in [1.165, 1.54) is 22.1 Å². The molecule has 2 aromatic heterocycles. The number of para-hydroxylation sites is 1. The number of aryl methyl sites for hydroxylation is 1. The molecule has 4 aromatic rings. The number of halogens is 3. The average Bonchev–Trinajstić information content (AvgIpc) is 3.12. The van der Waals surface area contributed by atoms with Gasteiger partial charge in [-0.05, 0) is 36.6 Å². The molecule has 0 bridgehead atoms. The Bertz CT molecular complexity index is 1490. The molecule has 5 rings (SSSR count). The summed E-state index contributed by atoms with van der Waals surface area (Å²) in [7, 11) is 0. The number of carbonyl (C=O) groups is 1. The van der Waals surface area contributed by atoms with Gasteiger partial charge in [0, 0.05) is 24.8 Å². The second-order valence-corrected chi connectivity index (χ2v) is 8.36. The number of carbonyl (C=O) groups excluding carboxylic acids is 1. The molecule has 35 heavy (non-hydrogen) atoms. The number of nitrogens with one attached hydrogen (secondary N) is 1. The first kappa shape index (κ1) is 22.6. The number of fused-ring (bicyclic) bond motifs is 2. The van der Waals surface area contributed by atoms with E-state index < -0.39 is 29.9 Å². The summed E-state index contributed by atoms with van der Waals surface area (Å²) in [4.78, 5) is 32.3. The summed E-state index contributed by atoms with van der Waals surface area (Å²) < 4.78 is 42.0. The predicted octanol–water partition coefficient (Wildman–Crippen LogP) is 3.42. The van der Waals surface area contributed by atoms with Crippen LogP contribution in [0.2, 0.25) is 0 Å². The number of aromatic nitrogens is 4. The minimum atomic E-state index is -4.63. The minimum Gasteiger partial charge on any atom is -0.337 e. The Morgan fingerprint density at radius 2 is 1.80 bits per heavy atom. The largest absolute Gasteiger partial charge is 0.418 e. The summed E-state index contributed by atoms with van der Waals surface area (Å²) in [6.07, 6.45) is -3.84. The van der Waals surface area contributed by atoms with E-state index in [2.05, 4.69) is 21.5 Å². The number of benzene rings is 2. The quantitative estimate of drug-likeness (QED) is 0.482. The highest BCUT2D eigenvalue weighted by Crippen LogP contribution is 2.34. The SMILES string of the molecule is Cc1cc2nn(CC(=O)Nc3ccccc3C(F)(F)F)c(=O)n2c(N2CCc3ccccc3C2)n1. The molecule has 1 aliphatic heterocycles. The van der Waals surface area contributed by atoms with Crippen molar-refractivity contribution in [1.29, 1.82) is 0 Å². The number of alkyl halides is 3. The normalized spacial score (nSPS) is 13.7. The van der Waals surface area contributed by atoms with Gasteiger partial charge in [-0.2, -0.15) is 13.2 Å². The Labute approximate surface area is 197 Å². The minimum absolute atomic E-state index is 0.305. The third-order valence-electron chi connectivity index (χ3n) is 5.89. The van der Waals surface area contributed by atoms with E-state index in [-0.39, 0.29) is 5.69 Å². The van der Waals surface area contributed by atoms with Crippen LogP contribution < -0.4 is 15.9 Å². The number of anilines is 2. The zero-order valence-electron chi connectivity index (χ0n) is 18.7. The smallest absolute Gasteiger partial charge is 0.337 e. The molecule has 0 fully saturated rings. The monoisotopic (exact) mass is 482 g/mol. The maximum atomic E-state index is 13.2. The van der Waals surface area contributed by atoms with Crippen LogP contribution in [0.4, 0.5) is 24.8 Å². The van der Waals surface area contributed by atoms with E-state index in [1.54, 1.807) is 13.0 Å². The lowest BCUT2D eigenvalue weighted by Gasteiger charge is -2.29. The molecule has 2 aromatic carbocycles. The van der Waals surface area contributed by atoms with Crippen molar-refractivity contribution < 1.29 is 18.0 Å². The van der Waals surface area contributed by atoms with Gasteiger partial charge in [0.2, 0.25) is 11.9 Å². The Morgan fingerprint density at radius 1 is 1.09 bits per heavy atom. The third-order valence-corrected chi connectivity index (χ3v) is 5.89. The molecule has 1 N–H and O–H groups in total. The molecule has 1 amide bonds. The fraction of sp³-hybridized carbons (Fsp3) is 0.250. The van der Waals surface area contributed by atoms with Crippen LogP contribution in [0.5, 0.6) is 0 Å². The Kier molecular flexibility index (Phi) is 5.54. The van der Waals surface area contributed by atoms with Crippen molar-refractivity contribution >= 4 is 23.2 Å². The van der Waals surface area contributed by atoms with Crippen molar-refractivity contribution in [3.63, 3.8) is 0 Å². The molecule has 0 spiro atoms. The zero-order valence-corrected chi connectivity index (χ0v) is 18.7. The molecule has 180 valence electrons. The number of hydrogen-bond acceptors (Lipinski definition) is 5. The number of rotatable bonds is 4. The van der Waals surface area contributed by atoms with E-state index in [9.17, 15) is 22.8 Å². The molecule has 1 aliphatic rings. The Hall–Kier alpha value is -4.15. The van der Waals surface area contributed by atoms with Crippen molar-refractivity contribution in [2.75, 3.05) is 16.8 Å². The summed E-state index contributed by atoms with van der Waals surface area (Å²) in [6, 6.07) is 14.3. The summed E-state index contributed by atoms with van der Waals surface area (Å²) in [5.74, 6) is -0.390. The highest BCUT2D eigenvalue weighted by molar-refractivity contribution is 5.91. The maximum Gasteiger partial charge on any atom is 0.418 e. The van der Waals surface area contributed by atoms with Crippen molar-refractivity contribution in [2.45, 2.75) is 32.6 Å². The van der Waals surface area contributed by atoms with Crippen LogP contribution >= 0.6 is 0 Å². The molecule has 8 nitrogen and oxygen atoms in total. The lowest BCUT2D eigenvalue weighted by molar-refractivity contribution is -0.137. The van der Waals surface area contributed by atoms with Gasteiger partial charge in [0.1, 0.15) is 6.54 Å². The van der Waals surface area contributed by atoms with E-state index >= 15 is 0 Å².